The number of hydrogen-bond acceptors (Lipinski definition) is 5. The van der Waals surface area contributed by atoms with Crippen molar-refractivity contribution in [2.24, 2.45) is 0 Å². The number of benzene rings is 1. The van der Waals surface area contributed by atoms with Gasteiger partial charge in [0.2, 0.25) is 0 Å². The molecule has 1 unspecified atom stereocenters. The number of aromatic nitrogens is 3. The van der Waals surface area contributed by atoms with Gasteiger partial charge in [0.1, 0.15) is 5.82 Å². The van der Waals surface area contributed by atoms with Crippen LogP contribution in [0.3, 0.4) is 0 Å². The van der Waals surface area contributed by atoms with Crippen molar-refractivity contribution < 1.29 is 9.53 Å². The Morgan fingerprint density at radius 1 is 1.35 bits per heavy atom. The molecule has 3 heterocycles. The Balaban J connectivity index is 1.50. The minimum Gasteiger partial charge on any atom is -0.382 e. The van der Waals surface area contributed by atoms with Crippen LogP contribution in [0.4, 0.5) is 16.4 Å². The molecule has 1 aliphatic heterocycles. The molecule has 0 aliphatic carbocycles. The van der Waals surface area contributed by atoms with Crippen LogP contribution in [0, 0.1) is 0 Å². The molecule has 0 saturated carbocycles. The molecule has 5 N–H and O–H groups in total. The quantitative estimate of drug-likeness (QED) is 0.575. The van der Waals surface area contributed by atoms with Gasteiger partial charge in [-0.3, -0.25) is 10.4 Å². The first-order valence-electron chi connectivity index (χ1n) is 8.54. The summed E-state index contributed by atoms with van der Waals surface area (Å²) in [4.78, 5) is 16.7. The van der Waals surface area contributed by atoms with E-state index in [1.807, 2.05) is 30.3 Å². The van der Waals surface area contributed by atoms with Crippen LogP contribution in [0.15, 0.2) is 42.6 Å². The van der Waals surface area contributed by atoms with E-state index in [1.54, 1.807) is 12.3 Å². The molecule has 2 amide bonds. The molecule has 2 aromatic heterocycles. The minimum atomic E-state index is -0.339. The largest absolute Gasteiger partial charge is 0.382 e. The molecule has 1 fully saturated rings. The highest BCUT2D eigenvalue weighted by Gasteiger charge is 2.28. The maximum Gasteiger partial charge on any atom is 0.320 e. The van der Waals surface area contributed by atoms with Gasteiger partial charge in [0.25, 0.3) is 0 Å². The predicted molar refractivity (Wildman–Crippen MR) is 98.6 cm³/mol. The molecule has 0 spiro atoms. The first-order chi connectivity index (χ1) is 12.7. The van der Waals surface area contributed by atoms with Gasteiger partial charge in [0.15, 0.2) is 5.82 Å². The van der Waals surface area contributed by atoms with Gasteiger partial charge in [-0.25, -0.2) is 9.78 Å². The molecule has 4 rings (SSSR count). The summed E-state index contributed by atoms with van der Waals surface area (Å²) in [5.41, 5.74) is 7.46. The van der Waals surface area contributed by atoms with Crippen molar-refractivity contribution in [1.29, 1.82) is 0 Å². The van der Waals surface area contributed by atoms with Gasteiger partial charge in [-0.05, 0) is 18.4 Å². The molecule has 8 nitrogen and oxygen atoms in total. The number of nitrogens with one attached hydrogen (secondary N) is 3. The zero-order valence-corrected chi connectivity index (χ0v) is 14.1. The minimum absolute atomic E-state index is 0.0361. The number of nitrogens with zero attached hydrogens (tertiary/aromatic N) is 2. The topological polar surface area (TPSA) is 118 Å². The third-order valence-corrected chi connectivity index (χ3v) is 4.50. The van der Waals surface area contributed by atoms with Crippen molar-refractivity contribution >= 4 is 28.6 Å². The van der Waals surface area contributed by atoms with Crippen molar-refractivity contribution in [2.75, 3.05) is 17.7 Å². The highest BCUT2D eigenvalue weighted by molar-refractivity contribution is 5.93. The summed E-state index contributed by atoms with van der Waals surface area (Å²) < 4.78 is 5.80. The number of carbonyl (C=O) groups excluding carboxylic acids is 1. The van der Waals surface area contributed by atoms with Gasteiger partial charge in [-0.15, -0.1) is 0 Å². The van der Waals surface area contributed by atoms with Gasteiger partial charge in [-0.1, -0.05) is 30.3 Å². The number of pyridine rings is 1. The number of carbonyl (C=O) groups is 1. The third-order valence-electron chi connectivity index (χ3n) is 4.50. The Morgan fingerprint density at radius 2 is 2.19 bits per heavy atom. The van der Waals surface area contributed by atoms with Crippen molar-refractivity contribution in [1.82, 2.24) is 20.5 Å². The maximum absolute atomic E-state index is 12.5. The summed E-state index contributed by atoms with van der Waals surface area (Å²) in [5.74, 6) is 0.795. The van der Waals surface area contributed by atoms with Gasteiger partial charge in [-0.2, -0.15) is 5.10 Å². The van der Waals surface area contributed by atoms with Crippen LogP contribution in [0.25, 0.3) is 10.9 Å². The van der Waals surface area contributed by atoms with E-state index in [2.05, 4.69) is 25.8 Å². The van der Waals surface area contributed by atoms with Crippen LogP contribution >= 0.6 is 0 Å². The first-order valence-corrected chi connectivity index (χ1v) is 8.54. The van der Waals surface area contributed by atoms with Crippen LogP contribution < -0.4 is 16.4 Å². The molecule has 1 aliphatic rings. The predicted octanol–water partition coefficient (Wildman–Crippen LogP) is 2.58. The fourth-order valence-electron chi connectivity index (χ4n) is 3.21. The number of hydrogen-bond donors (Lipinski definition) is 4. The second kappa shape index (κ2) is 7.01. The number of ether oxygens (including phenoxy) is 1. The van der Waals surface area contributed by atoms with E-state index in [-0.39, 0.29) is 18.2 Å². The van der Waals surface area contributed by atoms with Crippen molar-refractivity contribution in [2.45, 2.75) is 25.0 Å². The normalized spacial score (nSPS) is 17.9. The number of nitrogen functional groups attached to an aromatic ring is 1. The third kappa shape index (κ3) is 3.31. The number of amides is 2. The zero-order chi connectivity index (χ0) is 17.9. The molecular formula is C18H20N6O2. The Morgan fingerprint density at radius 3 is 2.96 bits per heavy atom. The standard InChI is InChI=1S/C18H20N6O2/c19-17-12-10-20-15(9-13(12)23-24-17)21-18(25)22-16(14-7-4-8-26-14)11-5-2-1-3-6-11/h1-3,5-6,9-10,14,16H,4,7-8H2,(H3,19,23,24)(H2,20,21,22,25)/t14-,16?/m1/s1. The molecule has 0 bridgehead atoms. The summed E-state index contributed by atoms with van der Waals surface area (Å²) in [6.07, 6.45) is 3.46. The lowest BCUT2D eigenvalue weighted by atomic mass is 9.99. The molecule has 0 radical (unpaired) electrons. The fraction of sp³-hybridized carbons (Fsp3) is 0.278. The number of anilines is 2. The Labute approximate surface area is 150 Å². The number of rotatable bonds is 4. The highest BCUT2D eigenvalue weighted by Crippen LogP contribution is 2.27. The Hall–Kier alpha value is -3.13. The zero-order valence-electron chi connectivity index (χ0n) is 14.1. The van der Waals surface area contributed by atoms with Crippen LogP contribution in [-0.4, -0.2) is 33.9 Å². The van der Waals surface area contributed by atoms with Crippen molar-refractivity contribution in [3.8, 4) is 0 Å². The molecule has 26 heavy (non-hydrogen) atoms. The van der Waals surface area contributed by atoms with Gasteiger partial charge in [0, 0.05) is 18.9 Å². The van der Waals surface area contributed by atoms with E-state index in [4.69, 9.17) is 10.5 Å². The lowest BCUT2D eigenvalue weighted by Crippen LogP contribution is -2.38. The monoisotopic (exact) mass is 352 g/mol. The van der Waals surface area contributed by atoms with Gasteiger partial charge >= 0.3 is 6.03 Å². The summed E-state index contributed by atoms with van der Waals surface area (Å²) >= 11 is 0. The van der Waals surface area contributed by atoms with E-state index < -0.39 is 0 Å². The number of nitrogens with two attached hydrogens (primary N) is 1. The smallest absolute Gasteiger partial charge is 0.320 e. The fourth-order valence-corrected chi connectivity index (χ4v) is 3.21. The molecule has 134 valence electrons. The second-order valence-electron chi connectivity index (χ2n) is 6.26. The van der Waals surface area contributed by atoms with Crippen LogP contribution in [0.5, 0.6) is 0 Å². The summed E-state index contributed by atoms with van der Waals surface area (Å²) in [5, 5.41) is 13.2. The highest BCUT2D eigenvalue weighted by atomic mass is 16.5. The van der Waals surface area contributed by atoms with Crippen LogP contribution in [-0.2, 0) is 4.74 Å². The maximum atomic E-state index is 12.5. The van der Waals surface area contributed by atoms with Crippen LogP contribution in [0.2, 0.25) is 0 Å². The molecule has 1 saturated heterocycles. The van der Waals surface area contributed by atoms with Crippen molar-refractivity contribution in [3.63, 3.8) is 0 Å². The van der Waals surface area contributed by atoms with E-state index in [0.29, 0.717) is 17.2 Å². The van der Waals surface area contributed by atoms with Crippen LogP contribution in [0.1, 0.15) is 24.4 Å². The van der Waals surface area contributed by atoms with E-state index in [9.17, 15) is 4.79 Å². The summed E-state index contributed by atoms with van der Waals surface area (Å²) in [6.45, 7) is 0.719. The van der Waals surface area contributed by atoms with E-state index in [1.165, 1.54) is 0 Å². The summed E-state index contributed by atoms with van der Waals surface area (Å²) in [7, 11) is 0. The van der Waals surface area contributed by atoms with Crippen molar-refractivity contribution in [3.05, 3.63) is 48.2 Å². The van der Waals surface area contributed by atoms with Gasteiger partial charge in [0.05, 0.1) is 23.0 Å². The second-order valence-corrected chi connectivity index (χ2v) is 6.26. The van der Waals surface area contributed by atoms with E-state index >= 15 is 0 Å². The molecule has 8 heteroatoms. The van der Waals surface area contributed by atoms with E-state index in [0.717, 1.165) is 30.4 Å². The SMILES string of the molecule is Nc1n[nH]c2cc(NC(=O)NC(c3ccccc3)[C@H]3CCCO3)ncc12. The summed E-state index contributed by atoms with van der Waals surface area (Å²) in [6, 6.07) is 11.0. The lowest BCUT2D eigenvalue weighted by molar-refractivity contribution is 0.0815. The molecule has 1 aromatic carbocycles. The number of aromatic amines is 1. The Bertz CT molecular complexity index is 904. The molecular weight excluding hydrogens is 332 g/mol. The van der Waals surface area contributed by atoms with Gasteiger partial charge < -0.3 is 15.8 Å². The number of H-pyrrole nitrogens is 1. The first kappa shape index (κ1) is 16.3. The number of urea groups is 1. The molecule has 2 atom stereocenters. The lowest BCUT2D eigenvalue weighted by Gasteiger charge is -2.24. The Kier molecular flexibility index (Phi) is 4.40. The molecule has 3 aromatic rings. The number of fused-ring (bicyclic) bond motifs is 1. The average Bonchev–Trinajstić information content (AvgIpc) is 3.31. The average molecular weight is 352 g/mol.